The third kappa shape index (κ3) is 4.72. The Morgan fingerprint density at radius 1 is 0.492 bits per heavy atom. The number of para-hydroxylation sites is 2. The lowest BCUT2D eigenvalue weighted by Crippen LogP contribution is -2.74. The highest BCUT2D eigenvalue weighted by Gasteiger charge is 2.43. The van der Waals surface area contributed by atoms with Gasteiger partial charge in [-0.1, -0.05) is 159 Å². The number of nitrogens with zero attached hydrogens (tertiary/aromatic N) is 4. The van der Waals surface area contributed by atoms with Crippen LogP contribution in [-0.2, 0) is 5.41 Å². The molecule has 5 heterocycles. The molecule has 59 heavy (non-hydrogen) atoms. The first-order chi connectivity index (χ1) is 29.0. The van der Waals surface area contributed by atoms with Crippen LogP contribution in [0.4, 0.5) is 0 Å². The summed E-state index contributed by atoms with van der Waals surface area (Å²) in [5.41, 5.74) is 6.32. The van der Waals surface area contributed by atoms with Gasteiger partial charge in [0.15, 0.2) is 13.8 Å². The van der Waals surface area contributed by atoms with Crippen LogP contribution in [0.2, 0.25) is 0 Å². The van der Waals surface area contributed by atoms with Crippen molar-refractivity contribution in [3.63, 3.8) is 0 Å². The van der Waals surface area contributed by atoms with E-state index in [4.69, 9.17) is 14.7 Å². The van der Waals surface area contributed by atoms with E-state index in [-0.39, 0.29) is 5.41 Å². The van der Waals surface area contributed by atoms with E-state index in [1.807, 2.05) is 18.5 Å². The van der Waals surface area contributed by atoms with Gasteiger partial charge in [0, 0.05) is 56.7 Å². The van der Waals surface area contributed by atoms with E-state index in [2.05, 4.69) is 199 Å². The van der Waals surface area contributed by atoms with Crippen LogP contribution in [0, 0.1) is 0 Å². The summed E-state index contributed by atoms with van der Waals surface area (Å²) in [7, 11) is -3.04. The molecule has 0 saturated carbocycles. The molecule has 0 amide bonds. The van der Waals surface area contributed by atoms with Gasteiger partial charge in [-0.2, -0.15) is 0 Å². The topological polar surface area (TPSA) is 44.4 Å². The fraction of sp³-hybridized carbons (Fsp3) is 0.0566. The lowest BCUT2D eigenvalue weighted by molar-refractivity contribution is 0.421. The molecule has 0 bridgehead atoms. The van der Waals surface area contributed by atoms with E-state index in [1.165, 1.54) is 37.1 Å². The van der Waals surface area contributed by atoms with Crippen molar-refractivity contribution in [2.45, 2.75) is 19.3 Å². The number of benzene rings is 7. The summed E-state index contributed by atoms with van der Waals surface area (Å²) in [5.74, 6) is 2.63. The van der Waals surface area contributed by atoms with Crippen LogP contribution in [0.15, 0.2) is 195 Å². The van der Waals surface area contributed by atoms with Gasteiger partial charge in [0.1, 0.15) is 17.2 Å². The van der Waals surface area contributed by atoms with Crippen LogP contribution in [0.3, 0.4) is 0 Å². The zero-order valence-corrected chi connectivity index (χ0v) is 33.7. The van der Waals surface area contributed by atoms with E-state index < -0.39 is 8.07 Å². The highest BCUT2D eigenvalue weighted by atomic mass is 28.3. The average molecular weight is 775 g/mol. The molecule has 4 aromatic heterocycles. The number of fused-ring (bicyclic) bond motifs is 12. The molecule has 6 heteroatoms. The Bertz CT molecular complexity index is 3410. The van der Waals surface area contributed by atoms with E-state index in [9.17, 15) is 0 Å². The standard InChI is InChI=1S/C53H38N4OSi/c1-53(2)44-20-10-12-22-48(44)58-51-45(53)29-28-42-41-27-25-38(34-47(41)57(50(42)51)49-23-13-14-30-54-49)59(35-15-5-3-6-16-35,36-17-7-4-8-18-36)37-24-26-39-40-19-9-11-21-46(40)56-32-31-55-52(56)43(39)33-37/h3-34H,1-2H3. The minimum Gasteiger partial charge on any atom is -0.454 e. The fourth-order valence-corrected chi connectivity index (χ4v) is 14.9. The second kappa shape index (κ2) is 12.6. The average Bonchev–Trinajstić information content (AvgIpc) is 3.92. The van der Waals surface area contributed by atoms with Crippen molar-refractivity contribution in [1.82, 2.24) is 18.9 Å². The number of hydrogen-bond donors (Lipinski definition) is 0. The van der Waals surface area contributed by atoms with Crippen molar-refractivity contribution in [2.75, 3.05) is 0 Å². The second-order valence-corrected chi connectivity index (χ2v) is 20.0. The third-order valence-electron chi connectivity index (χ3n) is 12.8. The number of ether oxygens (including phenoxy) is 1. The molecule has 0 saturated heterocycles. The zero-order valence-electron chi connectivity index (χ0n) is 32.7. The first-order valence-electron chi connectivity index (χ1n) is 20.2. The van der Waals surface area contributed by atoms with Crippen LogP contribution in [0.5, 0.6) is 11.5 Å². The summed E-state index contributed by atoms with van der Waals surface area (Å²) >= 11 is 0. The summed E-state index contributed by atoms with van der Waals surface area (Å²) in [6.45, 7) is 4.60. The quantitative estimate of drug-likeness (QED) is 0.0994. The van der Waals surface area contributed by atoms with Gasteiger partial charge in [-0.25, -0.2) is 9.97 Å². The van der Waals surface area contributed by atoms with Crippen LogP contribution in [0.25, 0.3) is 54.9 Å². The van der Waals surface area contributed by atoms with Crippen molar-refractivity contribution in [3.05, 3.63) is 206 Å². The Labute approximate surface area is 342 Å². The van der Waals surface area contributed by atoms with Crippen LogP contribution >= 0.6 is 0 Å². The van der Waals surface area contributed by atoms with Gasteiger partial charge < -0.3 is 4.74 Å². The van der Waals surface area contributed by atoms with Crippen LogP contribution in [0.1, 0.15) is 25.0 Å². The zero-order chi connectivity index (χ0) is 39.3. The molecule has 0 radical (unpaired) electrons. The minimum absolute atomic E-state index is 0.265. The lowest BCUT2D eigenvalue weighted by Gasteiger charge is -2.35. The Morgan fingerprint density at radius 2 is 1.15 bits per heavy atom. The predicted octanol–water partition coefficient (Wildman–Crippen LogP) is 9.94. The number of imidazole rings is 1. The molecule has 1 aliphatic heterocycles. The summed E-state index contributed by atoms with van der Waals surface area (Å²) in [6.07, 6.45) is 5.88. The summed E-state index contributed by atoms with van der Waals surface area (Å²) in [5, 5.41) is 11.0. The van der Waals surface area contributed by atoms with Crippen LogP contribution in [-0.4, -0.2) is 27.0 Å². The Hall–Kier alpha value is -7.28. The van der Waals surface area contributed by atoms with Gasteiger partial charge in [-0.3, -0.25) is 8.97 Å². The van der Waals surface area contributed by atoms with Gasteiger partial charge in [-0.05, 0) is 56.5 Å². The molecule has 0 unspecified atom stereocenters. The van der Waals surface area contributed by atoms with Crippen molar-refractivity contribution >= 4 is 77.9 Å². The highest BCUT2D eigenvalue weighted by molar-refractivity contribution is 7.20. The highest BCUT2D eigenvalue weighted by Crippen LogP contribution is 2.52. The van der Waals surface area contributed by atoms with Gasteiger partial charge in [-0.15, -0.1) is 0 Å². The lowest BCUT2D eigenvalue weighted by atomic mass is 9.75. The monoisotopic (exact) mass is 774 g/mol. The second-order valence-electron chi connectivity index (χ2n) is 16.2. The Morgan fingerprint density at radius 3 is 1.93 bits per heavy atom. The van der Waals surface area contributed by atoms with E-state index >= 15 is 0 Å². The number of pyridine rings is 2. The molecule has 0 N–H and O–H groups in total. The Kier molecular flexibility index (Phi) is 7.23. The maximum Gasteiger partial charge on any atom is 0.179 e. The van der Waals surface area contributed by atoms with Gasteiger partial charge >= 0.3 is 0 Å². The first-order valence-corrected chi connectivity index (χ1v) is 22.2. The molecular weight excluding hydrogens is 737 g/mol. The number of rotatable bonds is 5. The van der Waals surface area contributed by atoms with Gasteiger partial charge in [0.2, 0.25) is 0 Å². The molecule has 11 aromatic rings. The molecular formula is C53H38N4OSi. The van der Waals surface area contributed by atoms with Crippen molar-refractivity contribution in [1.29, 1.82) is 0 Å². The third-order valence-corrected chi connectivity index (χ3v) is 17.6. The first kappa shape index (κ1) is 33.8. The summed E-state index contributed by atoms with van der Waals surface area (Å²) in [4.78, 5) is 9.97. The van der Waals surface area contributed by atoms with Crippen molar-refractivity contribution in [2.24, 2.45) is 0 Å². The molecule has 0 atom stereocenters. The molecule has 12 rings (SSSR count). The number of hydrogen-bond acceptors (Lipinski definition) is 3. The minimum atomic E-state index is -3.04. The number of aromatic nitrogens is 4. The SMILES string of the molecule is CC1(C)c2ccccc2Oc2c1ccc1c3ccc([Si](c4ccccc4)(c4ccccc4)c4ccc5c6ccccc6n6ccnc6c5c4)cc3n(-c3ccccn3)c21. The fourth-order valence-electron chi connectivity index (χ4n) is 10.1. The molecule has 7 aromatic carbocycles. The maximum atomic E-state index is 6.98. The molecule has 0 fully saturated rings. The van der Waals surface area contributed by atoms with Gasteiger partial charge in [0.25, 0.3) is 0 Å². The maximum absolute atomic E-state index is 6.98. The van der Waals surface area contributed by atoms with Crippen molar-refractivity contribution in [3.8, 4) is 17.3 Å². The van der Waals surface area contributed by atoms with Gasteiger partial charge in [0.05, 0.1) is 16.6 Å². The summed E-state index contributed by atoms with van der Waals surface area (Å²) < 4.78 is 11.5. The van der Waals surface area contributed by atoms with E-state index in [0.717, 1.165) is 61.2 Å². The molecule has 0 aliphatic carbocycles. The normalized spacial score (nSPS) is 13.5. The molecule has 0 spiro atoms. The molecule has 280 valence electrons. The Balaban J connectivity index is 1.21. The molecule has 1 aliphatic rings. The molecule has 5 nitrogen and oxygen atoms in total. The van der Waals surface area contributed by atoms with E-state index in [0.29, 0.717) is 0 Å². The largest absolute Gasteiger partial charge is 0.454 e. The van der Waals surface area contributed by atoms with Crippen molar-refractivity contribution < 1.29 is 4.74 Å². The predicted molar refractivity (Wildman–Crippen MR) is 245 cm³/mol. The smallest absolute Gasteiger partial charge is 0.179 e. The van der Waals surface area contributed by atoms with E-state index in [1.54, 1.807) is 0 Å². The summed E-state index contributed by atoms with van der Waals surface area (Å²) in [6, 6.07) is 64.5. The van der Waals surface area contributed by atoms with Crippen LogP contribution < -0.4 is 25.5 Å².